The zero-order chi connectivity index (χ0) is 20.6. The van der Waals surface area contributed by atoms with Crippen molar-refractivity contribution in [1.29, 1.82) is 5.41 Å². The number of fused-ring (bicyclic) bond motifs is 2. The summed E-state index contributed by atoms with van der Waals surface area (Å²) in [5.41, 5.74) is 10.3. The van der Waals surface area contributed by atoms with Crippen molar-refractivity contribution in [3.05, 3.63) is 59.2 Å². The van der Waals surface area contributed by atoms with Crippen molar-refractivity contribution in [2.24, 2.45) is 5.73 Å². The summed E-state index contributed by atoms with van der Waals surface area (Å²) in [7, 11) is -3.24. The number of aromatic nitrogens is 4. The first kappa shape index (κ1) is 19.1. The van der Waals surface area contributed by atoms with Crippen LogP contribution in [-0.4, -0.2) is 39.9 Å². The largest absolute Gasteiger partial charge is 0.384 e. The normalized spacial score (nSPS) is 12.0. The van der Waals surface area contributed by atoms with Crippen LogP contribution >= 0.6 is 0 Å². The number of hydrogen-bond donors (Lipinski definition) is 5. The molecule has 10 heteroatoms. The van der Waals surface area contributed by atoms with Crippen molar-refractivity contribution >= 4 is 37.9 Å². The third-order valence-corrected chi connectivity index (χ3v) is 5.99. The highest BCUT2D eigenvalue weighted by atomic mass is 32.2. The van der Waals surface area contributed by atoms with Crippen LogP contribution in [0.25, 0.3) is 22.1 Å². The first-order valence-corrected chi connectivity index (χ1v) is 10.8. The molecule has 6 N–H and O–H groups in total. The van der Waals surface area contributed by atoms with Crippen molar-refractivity contribution in [3.8, 4) is 0 Å². The molecule has 9 nitrogen and oxygen atoms in total. The minimum Gasteiger partial charge on any atom is -0.384 e. The van der Waals surface area contributed by atoms with Crippen LogP contribution in [0.5, 0.6) is 0 Å². The summed E-state index contributed by atoms with van der Waals surface area (Å²) >= 11 is 0. The molecule has 0 fully saturated rings. The molecule has 0 aliphatic rings. The van der Waals surface area contributed by atoms with E-state index in [0.29, 0.717) is 12.0 Å². The lowest BCUT2D eigenvalue weighted by Gasteiger charge is -2.04. The van der Waals surface area contributed by atoms with Gasteiger partial charge >= 0.3 is 0 Å². The van der Waals surface area contributed by atoms with Gasteiger partial charge in [-0.15, -0.1) is 0 Å². The van der Waals surface area contributed by atoms with E-state index in [9.17, 15) is 8.42 Å². The number of amidine groups is 1. The van der Waals surface area contributed by atoms with Crippen LogP contribution < -0.4 is 10.5 Å². The van der Waals surface area contributed by atoms with Crippen molar-refractivity contribution in [3.63, 3.8) is 0 Å². The topological polar surface area (TPSA) is 153 Å². The zero-order valence-corrected chi connectivity index (χ0v) is 16.6. The molecular weight excluding hydrogens is 390 g/mol. The van der Waals surface area contributed by atoms with Crippen LogP contribution in [0.15, 0.2) is 36.4 Å². The maximum atomic E-state index is 11.6. The van der Waals surface area contributed by atoms with E-state index in [2.05, 4.69) is 24.7 Å². The van der Waals surface area contributed by atoms with Crippen molar-refractivity contribution in [1.82, 2.24) is 24.7 Å². The molecule has 0 radical (unpaired) electrons. The van der Waals surface area contributed by atoms with E-state index in [0.717, 1.165) is 39.3 Å². The van der Waals surface area contributed by atoms with Gasteiger partial charge < -0.3 is 15.7 Å². The molecule has 0 aliphatic carbocycles. The second-order valence-corrected chi connectivity index (χ2v) is 8.86. The highest BCUT2D eigenvalue weighted by Gasteiger charge is 2.11. The molecule has 0 saturated carbocycles. The fourth-order valence-corrected chi connectivity index (χ4v) is 3.66. The lowest BCUT2D eigenvalue weighted by atomic mass is 10.2. The first-order chi connectivity index (χ1) is 13.8. The number of sulfonamides is 1. The van der Waals surface area contributed by atoms with Crippen LogP contribution in [0.1, 0.15) is 29.7 Å². The number of imidazole rings is 2. The van der Waals surface area contributed by atoms with Gasteiger partial charge in [0.1, 0.15) is 17.5 Å². The van der Waals surface area contributed by atoms with Gasteiger partial charge in [0.15, 0.2) is 0 Å². The molecule has 0 spiro atoms. The Morgan fingerprint density at radius 1 is 1.07 bits per heavy atom. The van der Waals surface area contributed by atoms with Crippen molar-refractivity contribution < 1.29 is 8.42 Å². The molecule has 0 unspecified atom stereocenters. The number of nitrogens with two attached hydrogens (primary N) is 1. The molecule has 29 heavy (non-hydrogen) atoms. The molecular formula is C19H21N7O2S. The Morgan fingerprint density at radius 3 is 2.31 bits per heavy atom. The van der Waals surface area contributed by atoms with Gasteiger partial charge in [0, 0.05) is 12.1 Å². The number of H-pyrrole nitrogens is 2. The number of nitrogens with one attached hydrogen (secondary N) is 4. The average Bonchev–Trinajstić information content (AvgIpc) is 3.27. The lowest BCUT2D eigenvalue weighted by Crippen LogP contribution is -2.24. The van der Waals surface area contributed by atoms with Crippen LogP contribution in [0.4, 0.5) is 0 Å². The standard InChI is InChI=1S/C19H21N7O2S/c1-2-29(27,28)22-10-11-3-5-13-15(7-11)25-17(23-13)9-18-24-14-6-4-12(19(20)21)8-16(14)26-18/h3-8,22H,2,9-10H2,1H3,(H3,20,21)(H,23,25)(H,24,26). The van der Waals surface area contributed by atoms with Crippen molar-refractivity contribution in [2.45, 2.75) is 19.9 Å². The molecule has 4 aromatic rings. The van der Waals surface area contributed by atoms with E-state index in [1.54, 1.807) is 19.1 Å². The highest BCUT2D eigenvalue weighted by Crippen LogP contribution is 2.18. The quantitative estimate of drug-likeness (QED) is 0.232. The minimum atomic E-state index is -3.24. The van der Waals surface area contributed by atoms with Crippen LogP contribution in [0, 0.1) is 5.41 Å². The summed E-state index contributed by atoms with van der Waals surface area (Å²) in [6, 6.07) is 11.0. The molecule has 2 heterocycles. The van der Waals surface area contributed by atoms with E-state index in [-0.39, 0.29) is 18.1 Å². The molecule has 0 saturated heterocycles. The number of aromatic amines is 2. The fraction of sp³-hybridized carbons (Fsp3) is 0.211. The Balaban J connectivity index is 1.55. The number of nitrogen functional groups attached to an aromatic ring is 1. The van der Waals surface area contributed by atoms with E-state index in [1.165, 1.54) is 0 Å². The number of benzene rings is 2. The smallest absolute Gasteiger partial charge is 0.211 e. The van der Waals surface area contributed by atoms with Gasteiger partial charge in [-0.3, -0.25) is 5.41 Å². The number of rotatable bonds is 7. The highest BCUT2D eigenvalue weighted by molar-refractivity contribution is 7.89. The Labute approximate surface area is 167 Å². The average molecular weight is 411 g/mol. The summed E-state index contributed by atoms with van der Waals surface area (Å²) in [5.74, 6) is 1.56. The number of nitrogens with zero attached hydrogens (tertiary/aromatic N) is 2. The molecule has 0 atom stereocenters. The van der Waals surface area contributed by atoms with E-state index < -0.39 is 10.0 Å². The van der Waals surface area contributed by atoms with Crippen LogP contribution in [0.2, 0.25) is 0 Å². The van der Waals surface area contributed by atoms with Gasteiger partial charge in [0.25, 0.3) is 0 Å². The van der Waals surface area contributed by atoms with Crippen LogP contribution in [-0.2, 0) is 23.0 Å². The summed E-state index contributed by atoms with van der Waals surface area (Å²) in [4.78, 5) is 15.6. The van der Waals surface area contributed by atoms with Gasteiger partial charge in [0.05, 0.1) is 34.2 Å². The monoisotopic (exact) mass is 411 g/mol. The Kier molecular flexibility index (Phi) is 4.81. The Bertz CT molecular complexity index is 1320. The van der Waals surface area contributed by atoms with Gasteiger partial charge in [-0.2, -0.15) is 0 Å². The second-order valence-electron chi connectivity index (χ2n) is 6.77. The Morgan fingerprint density at radius 2 is 1.69 bits per heavy atom. The van der Waals surface area contributed by atoms with Gasteiger partial charge in [-0.1, -0.05) is 6.07 Å². The first-order valence-electron chi connectivity index (χ1n) is 9.11. The predicted molar refractivity (Wildman–Crippen MR) is 112 cm³/mol. The van der Waals surface area contributed by atoms with E-state index in [1.807, 2.05) is 24.3 Å². The molecule has 0 aliphatic heterocycles. The minimum absolute atomic E-state index is 0.0114. The second kappa shape index (κ2) is 7.30. The summed E-state index contributed by atoms with van der Waals surface area (Å²) in [6.45, 7) is 1.84. The third-order valence-electron chi connectivity index (χ3n) is 4.65. The van der Waals surface area contributed by atoms with Crippen LogP contribution in [0.3, 0.4) is 0 Å². The summed E-state index contributed by atoms with van der Waals surface area (Å²) in [5, 5.41) is 7.54. The number of hydrogen-bond acceptors (Lipinski definition) is 5. The summed E-state index contributed by atoms with van der Waals surface area (Å²) in [6.07, 6.45) is 0.483. The molecule has 2 aromatic heterocycles. The van der Waals surface area contributed by atoms with Gasteiger partial charge in [0.2, 0.25) is 10.0 Å². The predicted octanol–water partition coefficient (Wildman–Crippen LogP) is 1.75. The maximum Gasteiger partial charge on any atom is 0.211 e. The van der Waals surface area contributed by atoms with Crippen molar-refractivity contribution in [2.75, 3.05) is 5.75 Å². The van der Waals surface area contributed by atoms with Gasteiger partial charge in [-0.25, -0.2) is 23.1 Å². The van der Waals surface area contributed by atoms with E-state index in [4.69, 9.17) is 11.1 Å². The molecule has 150 valence electrons. The molecule has 0 amide bonds. The lowest BCUT2D eigenvalue weighted by molar-refractivity contribution is 0.582. The van der Waals surface area contributed by atoms with E-state index >= 15 is 0 Å². The summed E-state index contributed by atoms with van der Waals surface area (Å²) < 4.78 is 25.8. The SMILES string of the molecule is CCS(=O)(=O)NCc1ccc2nc(Cc3nc4ccc(C(=N)N)cc4[nH]3)[nH]c2c1. The molecule has 4 rings (SSSR count). The third kappa shape index (κ3) is 4.13. The zero-order valence-electron chi connectivity index (χ0n) is 15.8. The maximum absolute atomic E-state index is 11.6. The molecule has 2 aromatic carbocycles. The Hall–Kier alpha value is -3.24. The van der Waals surface area contributed by atoms with Gasteiger partial charge in [-0.05, 0) is 42.8 Å². The fourth-order valence-electron chi connectivity index (χ4n) is 3.07. The molecule has 0 bridgehead atoms.